The van der Waals surface area contributed by atoms with Crippen LogP contribution in [0.5, 0.6) is 0 Å². The lowest BCUT2D eigenvalue weighted by Crippen LogP contribution is -2.09. The molecule has 1 unspecified atom stereocenters. The van der Waals surface area contributed by atoms with E-state index >= 15 is 0 Å². The topological polar surface area (TPSA) is 89.0 Å². The zero-order valence-electron chi connectivity index (χ0n) is 16.9. The normalized spacial score (nSPS) is 12.3. The van der Waals surface area contributed by atoms with Gasteiger partial charge in [-0.2, -0.15) is 10.5 Å². The molecule has 0 spiro atoms. The van der Waals surface area contributed by atoms with E-state index in [9.17, 15) is 5.26 Å². The molecular weight excluding hydrogens is 412 g/mol. The summed E-state index contributed by atoms with van der Waals surface area (Å²) in [6.07, 6.45) is 0.694. The van der Waals surface area contributed by atoms with Crippen LogP contribution in [0, 0.1) is 32.2 Å². The van der Waals surface area contributed by atoms with Crippen molar-refractivity contribution in [2.24, 2.45) is 0 Å². The summed E-state index contributed by atoms with van der Waals surface area (Å²) >= 11 is 11.0. The first kappa shape index (κ1) is 20.1. The predicted molar refractivity (Wildman–Crippen MR) is 122 cm³/mol. The Labute approximate surface area is 184 Å². The molecule has 0 saturated heterocycles. The zero-order chi connectivity index (χ0) is 21.6. The first-order valence-electron chi connectivity index (χ1n) is 9.65. The van der Waals surface area contributed by atoms with Crippen LogP contribution in [0.15, 0.2) is 30.3 Å². The van der Waals surface area contributed by atoms with Crippen LogP contribution in [0.1, 0.15) is 49.5 Å². The van der Waals surface area contributed by atoms with Gasteiger partial charge in [0.2, 0.25) is 0 Å². The van der Waals surface area contributed by atoms with Gasteiger partial charge in [-0.25, -0.2) is 0 Å². The highest BCUT2D eigenvalue weighted by Crippen LogP contribution is 2.28. The van der Waals surface area contributed by atoms with Gasteiger partial charge in [-0.05, 0) is 87.5 Å². The van der Waals surface area contributed by atoms with Gasteiger partial charge in [-0.15, -0.1) is 0 Å². The van der Waals surface area contributed by atoms with Crippen LogP contribution in [-0.4, -0.2) is 19.1 Å². The minimum absolute atomic E-state index is 0.0540. The van der Waals surface area contributed by atoms with Crippen LogP contribution < -0.4 is 0 Å². The van der Waals surface area contributed by atoms with Gasteiger partial charge in [0.1, 0.15) is 6.07 Å². The second kappa shape index (κ2) is 7.56. The summed E-state index contributed by atoms with van der Waals surface area (Å²) in [6.45, 7) is 6.20. The van der Waals surface area contributed by atoms with Crippen LogP contribution in [0.25, 0.3) is 22.1 Å². The fourth-order valence-electron chi connectivity index (χ4n) is 4.09. The number of hydrogen-bond acceptors (Lipinski definition) is 4. The molecule has 150 valence electrons. The first-order chi connectivity index (χ1) is 14.3. The largest absolute Gasteiger partial charge is 0.331 e. The Morgan fingerprint density at radius 1 is 0.933 bits per heavy atom. The lowest BCUT2D eigenvalue weighted by atomic mass is 10.0. The van der Waals surface area contributed by atoms with E-state index in [1.165, 1.54) is 0 Å². The van der Waals surface area contributed by atoms with Crippen molar-refractivity contribution >= 4 is 46.5 Å². The van der Waals surface area contributed by atoms with Crippen LogP contribution in [0.3, 0.4) is 0 Å². The van der Waals surface area contributed by atoms with Gasteiger partial charge in [0, 0.05) is 12.1 Å². The molecule has 0 aliphatic heterocycles. The van der Waals surface area contributed by atoms with E-state index in [-0.39, 0.29) is 12.1 Å². The molecule has 8 heteroatoms. The molecule has 0 aliphatic carbocycles. The van der Waals surface area contributed by atoms with Crippen molar-refractivity contribution in [1.82, 2.24) is 19.1 Å². The van der Waals surface area contributed by atoms with Gasteiger partial charge in [0.15, 0.2) is 9.54 Å². The van der Waals surface area contributed by atoms with Gasteiger partial charge in [-0.3, -0.25) is 0 Å². The number of H-pyrrole nitrogens is 2. The highest BCUT2D eigenvalue weighted by Gasteiger charge is 2.17. The van der Waals surface area contributed by atoms with E-state index in [4.69, 9.17) is 29.7 Å². The average Bonchev–Trinajstić information content (AvgIpc) is 3.21. The quantitative estimate of drug-likeness (QED) is 0.397. The van der Waals surface area contributed by atoms with Crippen molar-refractivity contribution in [2.75, 3.05) is 0 Å². The Kier molecular flexibility index (Phi) is 5.07. The van der Waals surface area contributed by atoms with Gasteiger partial charge in [0.05, 0.1) is 39.3 Å². The molecule has 0 saturated carbocycles. The predicted octanol–water partition coefficient (Wildman–Crippen LogP) is 5.84. The summed E-state index contributed by atoms with van der Waals surface area (Å²) in [6, 6.07) is 14.2. The highest BCUT2D eigenvalue weighted by atomic mass is 32.1. The number of rotatable bonds is 4. The molecular formula is C22H20N6S2. The highest BCUT2D eigenvalue weighted by molar-refractivity contribution is 7.71. The van der Waals surface area contributed by atoms with Crippen LogP contribution in [-0.2, 0) is 6.42 Å². The maximum absolute atomic E-state index is 9.76. The molecule has 2 N–H and O–H groups in total. The monoisotopic (exact) mass is 432 g/mol. The molecule has 0 radical (unpaired) electrons. The van der Waals surface area contributed by atoms with E-state index in [2.05, 4.69) is 53.5 Å². The van der Waals surface area contributed by atoms with E-state index in [1.807, 2.05) is 22.8 Å². The summed E-state index contributed by atoms with van der Waals surface area (Å²) < 4.78 is 5.27. The number of aromatic amines is 2. The van der Waals surface area contributed by atoms with Gasteiger partial charge < -0.3 is 19.1 Å². The Morgan fingerprint density at radius 2 is 1.63 bits per heavy atom. The molecule has 0 bridgehead atoms. The third kappa shape index (κ3) is 3.24. The van der Waals surface area contributed by atoms with Crippen molar-refractivity contribution in [1.29, 1.82) is 10.5 Å². The first-order valence-corrected chi connectivity index (χ1v) is 10.5. The number of benzene rings is 2. The van der Waals surface area contributed by atoms with Crippen molar-refractivity contribution < 1.29 is 0 Å². The molecule has 4 aromatic rings. The second-order valence-corrected chi connectivity index (χ2v) is 8.52. The minimum atomic E-state index is 0.0540. The Balaban J connectivity index is 1.78. The average molecular weight is 433 g/mol. The second-order valence-electron chi connectivity index (χ2n) is 7.74. The summed E-state index contributed by atoms with van der Waals surface area (Å²) in [5.74, 6) is 0. The van der Waals surface area contributed by atoms with Gasteiger partial charge >= 0.3 is 0 Å². The molecule has 0 aliphatic rings. The molecule has 4 rings (SSSR count). The fraction of sp³-hybridized carbons (Fsp3) is 0.273. The number of nitriles is 2. The van der Waals surface area contributed by atoms with Crippen molar-refractivity contribution in [3.8, 4) is 12.1 Å². The Bertz CT molecular complexity index is 1480. The molecule has 1 atom stereocenters. The number of fused-ring (bicyclic) bond motifs is 2. The van der Waals surface area contributed by atoms with E-state index in [0.29, 0.717) is 27.1 Å². The zero-order valence-corrected chi connectivity index (χ0v) is 18.5. The third-order valence-corrected chi connectivity index (χ3v) is 5.92. The summed E-state index contributed by atoms with van der Waals surface area (Å²) in [5.41, 5.74) is 5.75. The summed E-state index contributed by atoms with van der Waals surface area (Å²) in [7, 11) is 0. The molecule has 2 aromatic carbocycles. The maximum atomic E-state index is 9.76. The number of hydrogen-bond donors (Lipinski definition) is 2. The maximum Gasteiger partial charge on any atom is 0.178 e. The van der Waals surface area contributed by atoms with Gasteiger partial charge in [-0.1, -0.05) is 0 Å². The standard InChI is InChI=1S/C22H20N6S2/c1-12(2)27-20-16(11-24)7-15(9-18(20)26-21(27)29)6-13(3)28-19-5-4-14(10-23)8-17(19)25-22(28)30/h4-5,7-9,12-13H,6H2,1-3H3,(H,25,30)(H,26,29). The number of imidazole rings is 2. The lowest BCUT2D eigenvalue weighted by Gasteiger charge is -2.16. The Hall–Kier alpha value is -3.20. The van der Waals surface area contributed by atoms with E-state index in [0.717, 1.165) is 27.6 Å². The van der Waals surface area contributed by atoms with Crippen LogP contribution in [0.2, 0.25) is 0 Å². The van der Waals surface area contributed by atoms with E-state index < -0.39 is 0 Å². The van der Waals surface area contributed by atoms with Gasteiger partial charge in [0.25, 0.3) is 0 Å². The SMILES string of the molecule is CC(C)n1c(=S)[nH]c2cc(CC(C)n3c(=S)[nH]c4cc(C#N)ccc43)cc(C#N)c21. The lowest BCUT2D eigenvalue weighted by molar-refractivity contribution is 0.553. The molecule has 6 nitrogen and oxygen atoms in total. The summed E-state index contributed by atoms with van der Waals surface area (Å²) in [4.78, 5) is 6.44. The molecule has 0 amide bonds. The molecule has 2 heterocycles. The fourth-order valence-corrected chi connectivity index (χ4v) is 4.89. The molecule has 2 aromatic heterocycles. The van der Waals surface area contributed by atoms with Crippen LogP contribution >= 0.6 is 24.4 Å². The minimum Gasteiger partial charge on any atom is -0.331 e. The van der Waals surface area contributed by atoms with Crippen LogP contribution in [0.4, 0.5) is 0 Å². The number of nitrogens with one attached hydrogen (secondary N) is 2. The smallest absolute Gasteiger partial charge is 0.178 e. The number of aromatic nitrogens is 4. The third-order valence-electron chi connectivity index (χ3n) is 5.33. The van der Waals surface area contributed by atoms with Crippen molar-refractivity contribution in [3.63, 3.8) is 0 Å². The molecule has 0 fully saturated rings. The Morgan fingerprint density at radius 3 is 2.30 bits per heavy atom. The summed E-state index contributed by atoms with van der Waals surface area (Å²) in [5, 5.41) is 18.9. The van der Waals surface area contributed by atoms with Crippen molar-refractivity contribution in [3.05, 3.63) is 56.6 Å². The molecule has 30 heavy (non-hydrogen) atoms. The number of nitrogens with zero attached hydrogens (tertiary/aromatic N) is 4. The van der Waals surface area contributed by atoms with Crippen molar-refractivity contribution in [2.45, 2.75) is 39.3 Å². The van der Waals surface area contributed by atoms with E-state index in [1.54, 1.807) is 6.07 Å².